The number of Topliss-reactive ketones (excluding diaryl/α,β-unsaturated/α-hetero) is 1. The van der Waals surface area contributed by atoms with Crippen molar-refractivity contribution in [3.8, 4) is 0 Å². The van der Waals surface area contributed by atoms with E-state index in [0.717, 1.165) is 11.1 Å². The van der Waals surface area contributed by atoms with Crippen LogP contribution in [0, 0.1) is 13.8 Å². The molecule has 1 aromatic carbocycles. The van der Waals surface area contributed by atoms with Crippen LogP contribution in [0.25, 0.3) is 0 Å². The SMILES string of the molecule is CC(=O)N1[C@@H](C(=O)O[C@@H](C)C(=O)c2ccc(C)c(C)c2)CS[C@@H]1c1ccco1. The fourth-order valence-electron chi connectivity index (χ4n) is 3.16. The second kappa shape index (κ2) is 8.22. The van der Waals surface area contributed by atoms with E-state index in [0.29, 0.717) is 17.1 Å². The summed E-state index contributed by atoms with van der Waals surface area (Å²) in [6, 6.07) is 8.15. The summed E-state index contributed by atoms with van der Waals surface area (Å²) >= 11 is 1.43. The Morgan fingerprint density at radius 2 is 1.96 bits per heavy atom. The van der Waals surface area contributed by atoms with Gasteiger partial charge in [-0.2, -0.15) is 0 Å². The highest BCUT2D eigenvalue weighted by molar-refractivity contribution is 7.99. The molecular formula is C21H23NO5S. The van der Waals surface area contributed by atoms with E-state index < -0.39 is 18.1 Å². The van der Waals surface area contributed by atoms with E-state index in [4.69, 9.17) is 9.15 Å². The Morgan fingerprint density at radius 1 is 1.21 bits per heavy atom. The molecule has 1 amide bonds. The molecule has 28 heavy (non-hydrogen) atoms. The van der Waals surface area contributed by atoms with Crippen molar-refractivity contribution in [3.05, 3.63) is 59.0 Å². The number of thioether (sulfide) groups is 1. The molecule has 0 N–H and O–H groups in total. The van der Waals surface area contributed by atoms with Crippen LogP contribution in [0.1, 0.15) is 46.5 Å². The summed E-state index contributed by atoms with van der Waals surface area (Å²) in [5, 5.41) is -0.379. The second-order valence-electron chi connectivity index (χ2n) is 6.89. The topological polar surface area (TPSA) is 76.8 Å². The van der Waals surface area contributed by atoms with Crippen molar-refractivity contribution in [1.29, 1.82) is 0 Å². The van der Waals surface area contributed by atoms with E-state index in [1.54, 1.807) is 31.2 Å². The second-order valence-corrected chi connectivity index (χ2v) is 8.00. The lowest BCUT2D eigenvalue weighted by atomic mass is 10.0. The highest BCUT2D eigenvalue weighted by Gasteiger charge is 2.43. The Labute approximate surface area is 168 Å². The number of furan rings is 1. The van der Waals surface area contributed by atoms with E-state index in [1.165, 1.54) is 29.8 Å². The van der Waals surface area contributed by atoms with E-state index in [2.05, 4.69) is 0 Å². The van der Waals surface area contributed by atoms with Crippen LogP contribution >= 0.6 is 11.8 Å². The molecule has 1 aromatic heterocycles. The lowest BCUT2D eigenvalue weighted by Gasteiger charge is -2.26. The molecule has 1 aliphatic heterocycles. The predicted molar refractivity (Wildman–Crippen MR) is 106 cm³/mol. The average Bonchev–Trinajstić information content (AvgIpc) is 3.32. The van der Waals surface area contributed by atoms with Gasteiger partial charge in [-0.1, -0.05) is 12.1 Å². The first-order chi connectivity index (χ1) is 13.3. The fraction of sp³-hybridized carbons (Fsp3) is 0.381. The molecule has 1 saturated heterocycles. The minimum absolute atomic E-state index is 0.249. The minimum atomic E-state index is -0.934. The van der Waals surface area contributed by atoms with Crippen LogP contribution in [-0.2, 0) is 14.3 Å². The van der Waals surface area contributed by atoms with Crippen LogP contribution in [0.3, 0.4) is 0 Å². The van der Waals surface area contributed by atoms with E-state index in [9.17, 15) is 14.4 Å². The van der Waals surface area contributed by atoms with Gasteiger partial charge >= 0.3 is 5.97 Å². The normalized spacial score (nSPS) is 20.1. The van der Waals surface area contributed by atoms with Gasteiger partial charge in [0, 0.05) is 18.2 Å². The summed E-state index contributed by atoms with van der Waals surface area (Å²) in [5.41, 5.74) is 2.59. The number of amides is 1. The summed E-state index contributed by atoms with van der Waals surface area (Å²) < 4.78 is 10.8. The lowest BCUT2D eigenvalue weighted by Crippen LogP contribution is -2.44. The largest absolute Gasteiger partial charge is 0.466 e. The Kier molecular flexibility index (Phi) is 5.93. The van der Waals surface area contributed by atoms with Crippen molar-refractivity contribution < 1.29 is 23.5 Å². The quantitative estimate of drug-likeness (QED) is 0.562. The van der Waals surface area contributed by atoms with Crippen LogP contribution in [-0.4, -0.2) is 40.5 Å². The first kappa shape index (κ1) is 20.2. The maximum Gasteiger partial charge on any atom is 0.330 e. The average molecular weight is 401 g/mol. The third-order valence-corrected chi connectivity index (χ3v) is 6.16. The van der Waals surface area contributed by atoms with Crippen LogP contribution in [0.15, 0.2) is 41.0 Å². The number of benzene rings is 1. The number of ketones is 1. The number of aryl methyl sites for hydroxylation is 2. The van der Waals surface area contributed by atoms with Crippen LogP contribution in [0.5, 0.6) is 0 Å². The number of hydrogen-bond donors (Lipinski definition) is 0. The molecule has 148 valence electrons. The summed E-state index contributed by atoms with van der Waals surface area (Å²) in [6.45, 7) is 6.86. The maximum atomic E-state index is 12.7. The highest BCUT2D eigenvalue weighted by atomic mass is 32.2. The molecule has 1 fully saturated rings. The Morgan fingerprint density at radius 3 is 2.57 bits per heavy atom. The van der Waals surface area contributed by atoms with Crippen LogP contribution < -0.4 is 0 Å². The molecule has 6 nitrogen and oxygen atoms in total. The van der Waals surface area contributed by atoms with Crippen molar-refractivity contribution in [3.63, 3.8) is 0 Å². The summed E-state index contributed by atoms with van der Waals surface area (Å²) in [6.07, 6.45) is 0.598. The van der Waals surface area contributed by atoms with E-state index in [-0.39, 0.29) is 17.1 Å². The first-order valence-corrected chi connectivity index (χ1v) is 10.1. The van der Waals surface area contributed by atoms with Gasteiger partial charge in [-0.05, 0) is 50.1 Å². The molecule has 0 aliphatic carbocycles. The van der Waals surface area contributed by atoms with Gasteiger partial charge in [0.25, 0.3) is 0 Å². The van der Waals surface area contributed by atoms with Gasteiger partial charge in [0.15, 0.2) is 6.10 Å². The summed E-state index contributed by atoms with van der Waals surface area (Å²) in [4.78, 5) is 39.0. The monoisotopic (exact) mass is 401 g/mol. The predicted octanol–water partition coefficient (Wildman–Crippen LogP) is 3.67. The van der Waals surface area contributed by atoms with Gasteiger partial charge in [0.1, 0.15) is 17.2 Å². The Balaban J connectivity index is 1.71. The molecule has 0 radical (unpaired) electrons. The number of carbonyl (C=O) groups excluding carboxylic acids is 3. The van der Waals surface area contributed by atoms with Gasteiger partial charge in [0.05, 0.1) is 6.26 Å². The lowest BCUT2D eigenvalue weighted by molar-refractivity contribution is -0.155. The van der Waals surface area contributed by atoms with Crippen molar-refractivity contribution in [1.82, 2.24) is 4.90 Å². The van der Waals surface area contributed by atoms with Gasteiger partial charge < -0.3 is 14.1 Å². The molecule has 0 unspecified atom stereocenters. The van der Waals surface area contributed by atoms with Crippen molar-refractivity contribution in [2.75, 3.05) is 5.75 Å². The van der Waals surface area contributed by atoms with Gasteiger partial charge in [-0.3, -0.25) is 9.59 Å². The third kappa shape index (κ3) is 3.99. The van der Waals surface area contributed by atoms with Crippen molar-refractivity contribution in [2.24, 2.45) is 0 Å². The zero-order valence-corrected chi connectivity index (χ0v) is 17.1. The minimum Gasteiger partial charge on any atom is -0.466 e. The van der Waals surface area contributed by atoms with Crippen molar-refractivity contribution in [2.45, 2.75) is 45.2 Å². The van der Waals surface area contributed by atoms with Crippen LogP contribution in [0.2, 0.25) is 0 Å². The third-order valence-electron chi connectivity index (χ3n) is 4.88. The summed E-state index contributed by atoms with van der Waals surface area (Å²) in [5.74, 6) is -0.106. The Bertz CT molecular complexity index is 892. The smallest absolute Gasteiger partial charge is 0.330 e. The van der Waals surface area contributed by atoms with Gasteiger partial charge in [-0.25, -0.2) is 4.79 Å². The Hall–Kier alpha value is -2.54. The highest BCUT2D eigenvalue weighted by Crippen LogP contribution is 2.41. The van der Waals surface area contributed by atoms with Gasteiger partial charge in [-0.15, -0.1) is 11.8 Å². The zero-order valence-electron chi connectivity index (χ0n) is 16.3. The number of carbonyl (C=O) groups is 3. The number of nitrogens with zero attached hydrogens (tertiary/aromatic N) is 1. The van der Waals surface area contributed by atoms with E-state index >= 15 is 0 Å². The molecule has 0 spiro atoms. The molecule has 7 heteroatoms. The molecule has 2 heterocycles. The number of ether oxygens (including phenoxy) is 1. The summed E-state index contributed by atoms with van der Waals surface area (Å²) in [7, 11) is 0. The number of hydrogen-bond acceptors (Lipinski definition) is 6. The molecule has 3 atom stereocenters. The molecular weight excluding hydrogens is 378 g/mol. The maximum absolute atomic E-state index is 12.7. The fourth-order valence-corrected chi connectivity index (χ4v) is 4.57. The molecule has 0 saturated carbocycles. The molecule has 3 rings (SSSR count). The van der Waals surface area contributed by atoms with Crippen LogP contribution in [0.4, 0.5) is 0 Å². The van der Waals surface area contributed by atoms with Gasteiger partial charge in [0.2, 0.25) is 11.7 Å². The molecule has 1 aliphatic rings. The zero-order chi connectivity index (χ0) is 20.4. The van der Waals surface area contributed by atoms with E-state index in [1.807, 2.05) is 19.9 Å². The molecule has 0 bridgehead atoms. The first-order valence-electron chi connectivity index (χ1n) is 9.05. The molecule has 2 aromatic rings. The van der Waals surface area contributed by atoms with Crippen molar-refractivity contribution >= 4 is 29.4 Å². The number of esters is 1. The number of rotatable bonds is 5. The standard InChI is InChI=1S/C21H23NO5S/c1-12-7-8-16(10-13(12)2)19(24)14(3)27-21(25)17-11-28-20(22(17)15(4)23)18-6-5-9-26-18/h5-10,14,17,20H,11H2,1-4H3/t14-,17+,20+/m0/s1.